The summed E-state index contributed by atoms with van der Waals surface area (Å²) < 4.78 is 0. The Balaban J connectivity index is 2.13. The second kappa shape index (κ2) is 5.17. The molecule has 0 aliphatic carbocycles. The number of alkyl halides is 1. The second-order valence-electron chi connectivity index (χ2n) is 4.59. The van der Waals surface area contributed by atoms with Crippen molar-refractivity contribution < 1.29 is 4.79 Å². The molecule has 0 spiro atoms. The van der Waals surface area contributed by atoms with Crippen LogP contribution in [0.25, 0.3) is 0 Å². The number of carbonyl (C=O) groups excluding carboxylic acids is 1. The Labute approximate surface area is 116 Å². The second-order valence-corrected chi connectivity index (χ2v) is 6.41. The molecular formula is C12H15Cl2NOS. The van der Waals surface area contributed by atoms with Crippen LogP contribution in [0.1, 0.15) is 28.6 Å². The first-order chi connectivity index (χ1) is 8.00. The fraction of sp³-hybridized carbons (Fsp3) is 0.583. The van der Waals surface area contributed by atoms with Gasteiger partial charge in [-0.15, -0.1) is 22.9 Å². The van der Waals surface area contributed by atoms with Crippen LogP contribution in [0, 0.1) is 12.8 Å². The zero-order valence-corrected chi connectivity index (χ0v) is 12.2. The van der Waals surface area contributed by atoms with Crippen molar-refractivity contribution in [3.05, 3.63) is 20.8 Å². The quantitative estimate of drug-likeness (QED) is 0.721. The van der Waals surface area contributed by atoms with E-state index in [9.17, 15) is 4.79 Å². The van der Waals surface area contributed by atoms with Gasteiger partial charge in [-0.05, 0) is 30.2 Å². The number of amides is 1. The maximum absolute atomic E-state index is 12.3. The number of aryl methyl sites for hydroxylation is 1. The van der Waals surface area contributed by atoms with Crippen molar-refractivity contribution in [3.8, 4) is 0 Å². The third-order valence-electron chi connectivity index (χ3n) is 3.25. The number of nitrogens with zero attached hydrogens (tertiary/aromatic N) is 1. The van der Waals surface area contributed by atoms with E-state index in [0.29, 0.717) is 22.4 Å². The highest BCUT2D eigenvalue weighted by Crippen LogP contribution is 2.30. The van der Waals surface area contributed by atoms with Gasteiger partial charge in [-0.2, -0.15) is 0 Å². The normalized spacial score (nSPS) is 25.1. The lowest BCUT2D eigenvalue weighted by Crippen LogP contribution is -2.43. The summed E-state index contributed by atoms with van der Waals surface area (Å²) >= 11 is 13.7. The standard InChI is InChI=1S/C12H15Cl2NOS/c1-7-3-4-15(5-9(7)13)12(16)11-10(14)8(2)6-17-11/h6-7,9H,3-5H2,1-2H3. The Hall–Kier alpha value is -0.250. The molecule has 0 bridgehead atoms. The van der Waals surface area contributed by atoms with Crippen LogP contribution in [0.4, 0.5) is 0 Å². The third kappa shape index (κ3) is 2.61. The molecule has 0 aromatic carbocycles. The minimum Gasteiger partial charge on any atom is -0.336 e. The van der Waals surface area contributed by atoms with E-state index in [2.05, 4.69) is 6.92 Å². The molecule has 2 rings (SSSR count). The summed E-state index contributed by atoms with van der Waals surface area (Å²) in [5.74, 6) is 0.493. The van der Waals surface area contributed by atoms with Crippen LogP contribution in [0.2, 0.25) is 5.02 Å². The van der Waals surface area contributed by atoms with E-state index in [1.807, 2.05) is 17.2 Å². The van der Waals surface area contributed by atoms with E-state index in [0.717, 1.165) is 18.5 Å². The summed E-state index contributed by atoms with van der Waals surface area (Å²) in [5, 5.41) is 2.55. The van der Waals surface area contributed by atoms with Crippen molar-refractivity contribution in [2.24, 2.45) is 5.92 Å². The van der Waals surface area contributed by atoms with Gasteiger partial charge in [-0.1, -0.05) is 18.5 Å². The third-order valence-corrected chi connectivity index (χ3v) is 5.50. The van der Waals surface area contributed by atoms with Crippen molar-refractivity contribution in [2.75, 3.05) is 13.1 Å². The van der Waals surface area contributed by atoms with Gasteiger partial charge < -0.3 is 4.90 Å². The number of rotatable bonds is 1. The Bertz CT molecular complexity index is 432. The molecule has 1 aromatic heterocycles. The predicted molar refractivity (Wildman–Crippen MR) is 73.4 cm³/mol. The number of carbonyl (C=O) groups is 1. The van der Waals surface area contributed by atoms with Crippen LogP contribution in [-0.4, -0.2) is 29.3 Å². The van der Waals surface area contributed by atoms with E-state index in [-0.39, 0.29) is 11.3 Å². The van der Waals surface area contributed by atoms with Crippen molar-refractivity contribution >= 4 is 40.4 Å². The van der Waals surface area contributed by atoms with Gasteiger partial charge in [0.1, 0.15) is 4.88 Å². The molecule has 1 aromatic rings. The molecule has 1 amide bonds. The fourth-order valence-electron chi connectivity index (χ4n) is 1.92. The molecule has 94 valence electrons. The zero-order valence-electron chi connectivity index (χ0n) is 9.87. The molecule has 0 radical (unpaired) electrons. The Morgan fingerprint density at radius 3 is 2.82 bits per heavy atom. The summed E-state index contributed by atoms with van der Waals surface area (Å²) in [4.78, 5) is 14.7. The first-order valence-corrected chi connectivity index (χ1v) is 7.37. The van der Waals surface area contributed by atoms with E-state index in [1.165, 1.54) is 11.3 Å². The van der Waals surface area contributed by atoms with E-state index < -0.39 is 0 Å². The minimum atomic E-state index is 0.0191. The number of halogens is 2. The number of hydrogen-bond acceptors (Lipinski definition) is 2. The Morgan fingerprint density at radius 1 is 1.59 bits per heavy atom. The lowest BCUT2D eigenvalue weighted by atomic mass is 9.98. The molecule has 1 saturated heterocycles. The number of hydrogen-bond donors (Lipinski definition) is 0. The smallest absolute Gasteiger partial charge is 0.265 e. The Kier molecular flexibility index (Phi) is 4.01. The summed E-state index contributed by atoms with van der Waals surface area (Å²) in [6, 6.07) is 0. The molecule has 2 nitrogen and oxygen atoms in total. The van der Waals surface area contributed by atoms with Gasteiger partial charge in [-0.3, -0.25) is 4.79 Å². The molecule has 2 unspecified atom stereocenters. The van der Waals surface area contributed by atoms with Crippen molar-refractivity contribution in [1.29, 1.82) is 0 Å². The summed E-state index contributed by atoms with van der Waals surface area (Å²) in [5.41, 5.74) is 0.966. The monoisotopic (exact) mass is 291 g/mol. The van der Waals surface area contributed by atoms with Crippen molar-refractivity contribution in [1.82, 2.24) is 4.90 Å². The molecule has 0 saturated carbocycles. The molecule has 1 aliphatic rings. The average molecular weight is 292 g/mol. The van der Waals surface area contributed by atoms with Gasteiger partial charge in [0, 0.05) is 13.1 Å². The van der Waals surface area contributed by atoms with Crippen LogP contribution in [0.5, 0.6) is 0 Å². The number of likely N-dealkylation sites (tertiary alicyclic amines) is 1. The number of piperidine rings is 1. The SMILES string of the molecule is Cc1csc(C(=O)N2CCC(C)C(Cl)C2)c1Cl. The zero-order chi connectivity index (χ0) is 12.6. The number of thiophene rings is 1. The highest BCUT2D eigenvalue weighted by atomic mass is 35.5. The molecule has 2 atom stereocenters. The molecule has 0 N–H and O–H groups in total. The lowest BCUT2D eigenvalue weighted by molar-refractivity contribution is 0.0706. The van der Waals surface area contributed by atoms with Gasteiger partial charge in [-0.25, -0.2) is 0 Å². The first kappa shape index (κ1) is 13.2. The van der Waals surface area contributed by atoms with Gasteiger partial charge in [0.05, 0.1) is 10.4 Å². The van der Waals surface area contributed by atoms with Crippen LogP contribution in [-0.2, 0) is 0 Å². The predicted octanol–water partition coefficient (Wildman–Crippen LogP) is 3.80. The van der Waals surface area contributed by atoms with Crippen molar-refractivity contribution in [3.63, 3.8) is 0 Å². The van der Waals surface area contributed by atoms with Gasteiger partial charge >= 0.3 is 0 Å². The highest BCUT2D eigenvalue weighted by molar-refractivity contribution is 7.13. The van der Waals surface area contributed by atoms with E-state index in [4.69, 9.17) is 23.2 Å². The largest absolute Gasteiger partial charge is 0.336 e. The first-order valence-electron chi connectivity index (χ1n) is 5.67. The van der Waals surface area contributed by atoms with E-state index >= 15 is 0 Å². The minimum absolute atomic E-state index is 0.0191. The molecular weight excluding hydrogens is 277 g/mol. The maximum Gasteiger partial charge on any atom is 0.265 e. The highest BCUT2D eigenvalue weighted by Gasteiger charge is 2.29. The van der Waals surface area contributed by atoms with Crippen LogP contribution in [0.15, 0.2) is 5.38 Å². The Morgan fingerprint density at radius 2 is 2.29 bits per heavy atom. The average Bonchev–Trinajstić information content (AvgIpc) is 2.63. The van der Waals surface area contributed by atoms with Gasteiger partial charge in [0.25, 0.3) is 5.91 Å². The van der Waals surface area contributed by atoms with E-state index in [1.54, 1.807) is 0 Å². The molecule has 1 fully saturated rings. The van der Waals surface area contributed by atoms with Crippen LogP contribution in [0.3, 0.4) is 0 Å². The summed E-state index contributed by atoms with van der Waals surface area (Å²) in [7, 11) is 0. The maximum atomic E-state index is 12.3. The molecule has 1 aliphatic heterocycles. The van der Waals surface area contributed by atoms with Gasteiger partial charge in [0.15, 0.2) is 0 Å². The van der Waals surface area contributed by atoms with Crippen LogP contribution < -0.4 is 0 Å². The van der Waals surface area contributed by atoms with Crippen molar-refractivity contribution in [2.45, 2.75) is 25.6 Å². The molecule has 2 heterocycles. The van der Waals surface area contributed by atoms with Crippen LogP contribution >= 0.6 is 34.5 Å². The summed E-state index contributed by atoms with van der Waals surface area (Å²) in [6.07, 6.45) is 0.960. The lowest BCUT2D eigenvalue weighted by Gasteiger charge is -2.33. The molecule has 5 heteroatoms. The molecule has 17 heavy (non-hydrogen) atoms. The topological polar surface area (TPSA) is 20.3 Å². The van der Waals surface area contributed by atoms with Gasteiger partial charge in [0.2, 0.25) is 0 Å². The summed E-state index contributed by atoms with van der Waals surface area (Å²) in [6.45, 7) is 5.44. The fourth-order valence-corrected chi connectivity index (χ4v) is 3.46.